The molecule has 0 spiro atoms. The summed E-state index contributed by atoms with van der Waals surface area (Å²) in [6.07, 6.45) is 0. The van der Waals surface area contributed by atoms with Crippen LogP contribution in [0, 0.1) is 0 Å². The minimum Gasteiger partial charge on any atom is -0.463 e. The van der Waals surface area contributed by atoms with Crippen LogP contribution < -0.4 is 14.7 Å². The van der Waals surface area contributed by atoms with E-state index in [-0.39, 0.29) is 31.1 Å². The molecule has 0 saturated heterocycles. The fraction of sp³-hybridized carbons (Fsp3) is 0.447. The first kappa shape index (κ1) is 38.2. The molecule has 1 atom stereocenters. The normalized spacial score (nSPS) is 14.9. The molecule has 0 saturated carbocycles. The third-order valence-corrected chi connectivity index (χ3v) is 8.24. The predicted molar refractivity (Wildman–Crippen MR) is 191 cm³/mol. The molecule has 0 aromatic heterocycles. The lowest BCUT2D eigenvalue weighted by molar-refractivity contribution is -0.143. The molecule has 4 rings (SSSR count). The molecule has 3 aromatic carbocycles. The van der Waals surface area contributed by atoms with Crippen LogP contribution in [0.3, 0.4) is 0 Å². The van der Waals surface area contributed by atoms with Crippen LogP contribution in [0.15, 0.2) is 66.7 Å². The summed E-state index contributed by atoms with van der Waals surface area (Å²) in [7, 11) is 7.86. The van der Waals surface area contributed by atoms with Crippen molar-refractivity contribution < 1.29 is 42.8 Å². The quantitative estimate of drug-likeness (QED) is 0.0958. The molecule has 12 nitrogen and oxygen atoms in total. The van der Waals surface area contributed by atoms with Gasteiger partial charge in [0.2, 0.25) is 0 Å². The van der Waals surface area contributed by atoms with Crippen molar-refractivity contribution in [2.75, 3.05) is 109 Å². The zero-order valence-electron chi connectivity index (χ0n) is 29.9. The van der Waals surface area contributed by atoms with Gasteiger partial charge in [-0.05, 0) is 36.4 Å². The molecule has 1 unspecified atom stereocenters. The first-order chi connectivity index (χ1) is 24.0. The Hall–Kier alpha value is -4.65. The van der Waals surface area contributed by atoms with Gasteiger partial charge in [-0.3, -0.25) is 9.59 Å². The monoisotopic (exact) mass is 691 g/mol. The summed E-state index contributed by atoms with van der Waals surface area (Å²) < 4.78 is 33.3. The summed E-state index contributed by atoms with van der Waals surface area (Å²) in [4.78, 5) is 41.6. The number of rotatable bonds is 20. The maximum absolute atomic E-state index is 13.5. The predicted octanol–water partition coefficient (Wildman–Crippen LogP) is 4.26. The Morgan fingerprint density at radius 3 is 1.52 bits per heavy atom. The highest BCUT2D eigenvalue weighted by Gasteiger charge is 2.48. The van der Waals surface area contributed by atoms with Crippen molar-refractivity contribution in [1.29, 1.82) is 0 Å². The van der Waals surface area contributed by atoms with Crippen LogP contribution in [0.5, 0.6) is 0 Å². The molecule has 0 amide bonds. The Bertz CT molecular complexity index is 1560. The first-order valence-electron chi connectivity index (χ1n) is 16.7. The minimum atomic E-state index is -1.14. The van der Waals surface area contributed by atoms with Crippen molar-refractivity contribution in [3.8, 4) is 0 Å². The van der Waals surface area contributed by atoms with E-state index in [9.17, 15) is 14.4 Å². The smallest absolute Gasteiger partial charge is 0.340 e. The van der Waals surface area contributed by atoms with Crippen molar-refractivity contribution in [3.63, 3.8) is 0 Å². The molecule has 0 radical (unpaired) electrons. The number of hydrogen-bond acceptors (Lipinski definition) is 12. The minimum absolute atomic E-state index is 0.193. The van der Waals surface area contributed by atoms with E-state index in [4.69, 9.17) is 28.4 Å². The summed E-state index contributed by atoms with van der Waals surface area (Å²) in [5.74, 6) is -1.05. The van der Waals surface area contributed by atoms with Crippen molar-refractivity contribution >= 4 is 35.0 Å². The number of fused-ring (bicyclic) bond motifs is 1. The number of nitrogens with zero attached hydrogens (tertiary/aromatic N) is 3. The number of anilines is 3. The number of carbonyl (C=O) groups is 3. The number of benzene rings is 3. The summed E-state index contributed by atoms with van der Waals surface area (Å²) in [6.45, 7) is 6.47. The number of ether oxygens (including phenoxy) is 6. The zero-order valence-corrected chi connectivity index (χ0v) is 29.9. The van der Waals surface area contributed by atoms with Crippen LogP contribution in [-0.2, 0) is 43.6 Å². The van der Waals surface area contributed by atoms with Crippen molar-refractivity contribution in [2.24, 2.45) is 0 Å². The van der Waals surface area contributed by atoms with Crippen LogP contribution in [0.2, 0.25) is 0 Å². The van der Waals surface area contributed by atoms with Crippen molar-refractivity contribution in [3.05, 3.63) is 89.0 Å². The molecular formula is C38H49N3O9. The number of carbonyl (C=O) groups excluding carboxylic acids is 3. The maximum atomic E-state index is 13.5. The molecule has 0 N–H and O–H groups in total. The molecule has 1 aliphatic heterocycles. The fourth-order valence-electron chi connectivity index (χ4n) is 5.66. The summed E-state index contributed by atoms with van der Waals surface area (Å²) in [6, 6.07) is 22.0. The lowest BCUT2D eigenvalue weighted by Gasteiger charge is -2.32. The summed E-state index contributed by atoms with van der Waals surface area (Å²) in [5.41, 5.74) is 4.75. The highest BCUT2D eigenvalue weighted by molar-refractivity contribution is 5.97. The summed E-state index contributed by atoms with van der Waals surface area (Å²) in [5, 5.41) is 0. The standard InChI is InChI=1S/C38H49N3O9/c1-28(42)48-25-23-46-20-18-41(17-19-45-21-22-47-24-26-49-29(2)43)33-13-9-31(10-14-33)38(30-7-11-32(12-8-30)39(3)4)36-16-15-34(40(5)6)27-35(36)37(44)50-38/h7-16,27H,17-26H2,1-6H3. The van der Waals surface area contributed by atoms with Crippen LogP contribution in [0.1, 0.15) is 40.9 Å². The van der Waals surface area contributed by atoms with E-state index >= 15 is 0 Å². The second-order valence-corrected chi connectivity index (χ2v) is 12.2. The molecular weight excluding hydrogens is 642 g/mol. The molecule has 0 fully saturated rings. The van der Waals surface area contributed by atoms with Gasteiger partial charge in [-0.1, -0.05) is 30.3 Å². The van der Waals surface area contributed by atoms with E-state index in [0.29, 0.717) is 58.3 Å². The Morgan fingerprint density at radius 1 is 0.600 bits per heavy atom. The topological polar surface area (TPSA) is 116 Å². The van der Waals surface area contributed by atoms with Gasteiger partial charge < -0.3 is 43.1 Å². The van der Waals surface area contributed by atoms with Gasteiger partial charge in [0.1, 0.15) is 13.2 Å². The molecule has 12 heteroatoms. The van der Waals surface area contributed by atoms with Gasteiger partial charge in [0.25, 0.3) is 0 Å². The van der Waals surface area contributed by atoms with Crippen molar-refractivity contribution in [1.82, 2.24) is 0 Å². The van der Waals surface area contributed by atoms with Crippen LogP contribution >= 0.6 is 0 Å². The van der Waals surface area contributed by atoms with E-state index in [1.54, 1.807) is 0 Å². The molecule has 270 valence electrons. The third-order valence-electron chi connectivity index (χ3n) is 8.24. The lowest BCUT2D eigenvalue weighted by Crippen LogP contribution is -2.32. The second-order valence-electron chi connectivity index (χ2n) is 12.2. The number of hydrogen-bond donors (Lipinski definition) is 0. The molecule has 1 heterocycles. The van der Waals surface area contributed by atoms with E-state index < -0.39 is 5.60 Å². The number of esters is 3. The Labute approximate surface area is 294 Å². The third kappa shape index (κ3) is 9.96. The largest absolute Gasteiger partial charge is 0.463 e. The SMILES string of the molecule is CC(=O)OCCOCCOCCN(CCOCCOC(C)=O)c1ccc(C2(c3ccc(N(C)C)cc3)OC(=O)c3cc(N(C)C)ccc32)cc1. The van der Waals surface area contributed by atoms with E-state index in [2.05, 4.69) is 4.90 Å². The van der Waals surface area contributed by atoms with E-state index in [0.717, 1.165) is 33.8 Å². The molecule has 0 bridgehead atoms. The van der Waals surface area contributed by atoms with Gasteiger partial charge in [-0.25, -0.2) is 4.79 Å². The molecule has 3 aromatic rings. The average Bonchev–Trinajstić information content (AvgIpc) is 3.40. The summed E-state index contributed by atoms with van der Waals surface area (Å²) >= 11 is 0. The Morgan fingerprint density at radius 2 is 1.04 bits per heavy atom. The van der Waals surface area contributed by atoms with Gasteiger partial charge in [0, 0.05) is 88.9 Å². The van der Waals surface area contributed by atoms with Crippen LogP contribution in [0.25, 0.3) is 0 Å². The average molecular weight is 692 g/mol. The Balaban J connectivity index is 1.55. The second kappa shape index (κ2) is 18.4. The molecule has 50 heavy (non-hydrogen) atoms. The van der Waals surface area contributed by atoms with Gasteiger partial charge in [-0.2, -0.15) is 0 Å². The molecule has 1 aliphatic rings. The van der Waals surface area contributed by atoms with Crippen LogP contribution in [-0.4, -0.2) is 112 Å². The first-order valence-corrected chi connectivity index (χ1v) is 16.7. The van der Waals surface area contributed by atoms with E-state index in [1.165, 1.54) is 13.8 Å². The Kier molecular flexibility index (Phi) is 14.0. The van der Waals surface area contributed by atoms with Gasteiger partial charge in [0.15, 0.2) is 5.60 Å². The highest BCUT2D eigenvalue weighted by Crippen LogP contribution is 2.48. The zero-order chi connectivity index (χ0) is 36.1. The highest BCUT2D eigenvalue weighted by atomic mass is 16.6. The van der Waals surface area contributed by atoms with Gasteiger partial charge in [0.05, 0.1) is 45.2 Å². The maximum Gasteiger partial charge on any atom is 0.340 e. The fourth-order valence-corrected chi connectivity index (χ4v) is 5.66. The molecule has 0 aliphatic carbocycles. The van der Waals surface area contributed by atoms with Crippen LogP contribution in [0.4, 0.5) is 17.1 Å². The lowest BCUT2D eigenvalue weighted by atomic mass is 9.79. The van der Waals surface area contributed by atoms with Crippen molar-refractivity contribution in [2.45, 2.75) is 19.4 Å². The number of cyclic esters (lactones) is 1. The van der Waals surface area contributed by atoms with Gasteiger partial charge >= 0.3 is 17.9 Å². The van der Waals surface area contributed by atoms with Gasteiger partial charge in [-0.15, -0.1) is 0 Å². The van der Waals surface area contributed by atoms with E-state index in [1.807, 2.05) is 105 Å².